The summed E-state index contributed by atoms with van der Waals surface area (Å²) in [6.45, 7) is 0. The van der Waals surface area contributed by atoms with Crippen LogP contribution in [0.1, 0.15) is 0 Å². The van der Waals surface area contributed by atoms with Crippen LogP contribution in [0.25, 0.3) is 0 Å². The first kappa shape index (κ1) is 14.8. The van der Waals surface area contributed by atoms with E-state index < -0.39 is 18.0 Å². The lowest BCUT2D eigenvalue weighted by Crippen LogP contribution is -2.43. The summed E-state index contributed by atoms with van der Waals surface area (Å²) in [4.78, 5) is 24.4. The Hall–Kier alpha value is -1.60. The second-order valence-electron chi connectivity index (χ2n) is 4.10. The molecule has 108 valence electrons. The molecule has 2 N–H and O–H groups in total. The molecule has 1 aliphatic rings. The van der Waals surface area contributed by atoms with Gasteiger partial charge in [0.2, 0.25) is 0 Å². The van der Waals surface area contributed by atoms with Crippen molar-refractivity contribution in [2.24, 2.45) is 0 Å². The molecule has 1 fully saturated rings. The topological polar surface area (TPSA) is 78.9 Å². The van der Waals surface area contributed by atoms with Gasteiger partial charge in [-0.25, -0.2) is 9.59 Å². The standard InChI is InChI=1S/C12H13ClN2O4S/c1-19-10-3-2-7(4-8(10)13)14-12(18)15-6-20-5-9(15)11(16)17/h2-4,9H,5-6H2,1H3,(H,14,18)(H,16,17)/t9-/m0/s1. The highest BCUT2D eigenvalue weighted by Gasteiger charge is 2.34. The van der Waals surface area contributed by atoms with E-state index in [0.717, 1.165) is 0 Å². The molecule has 0 spiro atoms. The van der Waals surface area contributed by atoms with Crippen LogP contribution in [0.4, 0.5) is 10.5 Å². The third kappa shape index (κ3) is 3.10. The molecule has 2 amide bonds. The quantitative estimate of drug-likeness (QED) is 0.895. The number of carbonyl (C=O) groups excluding carboxylic acids is 1. The van der Waals surface area contributed by atoms with Crippen LogP contribution in [0.15, 0.2) is 18.2 Å². The van der Waals surface area contributed by atoms with E-state index in [0.29, 0.717) is 28.1 Å². The fourth-order valence-electron chi connectivity index (χ4n) is 1.79. The Morgan fingerprint density at radius 1 is 1.55 bits per heavy atom. The summed E-state index contributed by atoms with van der Waals surface area (Å²) >= 11 is 7.37. The number of nitrogens with one attached hydrogen (secondary N) is 1. The third-order valence-corrected chi connectivity index (χ3v) is 4.14. The van der Waals surface area contributed by atoms with Gasteiger partial charge in [-0.15, -0.1) is 11.8 Å². The van der Waals surface area contributed by atoms with Crippen LogP contribution in [-0.2, 0) is 4.79 Å². The van der Waals surface area contributed by atoms with Crippen LogP contribution in [-0.4, -0.2) is 46.8 Å². The van der Waals surface area contributed by atoms with Gasteiger partial charge in [0.15, 0.2) is 0 Å². The number of ether oxygens (including phenoxy) is 1. The first-order chi connectivity index (χ1) is 9.52. The molecule has 2 rings (SSSR count). The fraction of sp³-hybridized carbons (Fsp3) is 0.333. The molecular weight excluding hydrogens is 304 g/mol. The minimum Gasteiger partial charge on any atom is -0.495 e. The van der Waals surface area contributed by atoms with Gasteiger partial charge < -0.3 is 20.1 Å². The van der Waals surface area contributed by atoms with Crippen molar-refractivity contribution < 1.29 is 19.4 Å². The maximum absolute atomic E-state index is 12.1. The predicted octanol–water partition coefficient (Wildman–Crippen LogP) is 2.34. The largest absolute Gasteiger partial charge is 0.495 e. The zero-order valence-corrected chi connectivity index (χ0v) is 12.2. The molecule has 6 nitrogen and oxygen atoms in total. The first-order valence-electron chi connectivity index (χ1n) is 5.74. The molecule has 0 bridgehead atoms. The third-order valence-electron chi connectivity index (χ3n) is 2.83. The molecule has 1 aromatic rings. The van der Waals surface area contributed by atoms with E-state index in [-0.39, 0.29) is 0 Å². The molecule has 0 unspecified atom stereocenters. The van der Waals surface area contributed by atoms with E-state index in [2.05, 4.69) is 5.32 Å². The number of nitrogens with zero attached hydrogens (tertiary/aromatic N) is 1. The summed E-state index contributed by atoms with van der Waals surface area (Å²) in [5, 5.41) is 12.0. The summed E-state index contributed by atoms with van der Waals surface area (Å²) in [7, 11) is 1.50. The van der Waals surface area contributed by atoms with Crippen LogP contribution < -0.4 is 10.1 Å². The molecule has 1 saturated heterocycles. The zero-order chi connectivity index (χ0) is 14.7. The maximum Gasteiger partial charge on any atom is 0.327 e. The number of aliphatic carboxylic acids is 1. The van der Waals surface area contributed by atoms with Crippen molar-refractivity contribution in [1.82, 2.24) is 4.90 Å². The molecule has 8 heteroatoms. The number of anilines is 1. The van der Waals surface area contributed by atoms with Crippen molar-refractivity contribution in [3.8, 4) is 5.75 Å². The van der Waals surface area contributed by atoms with Crippen LogP contribution in [0.5, 0.6) is 5.75 Å². The maximum atomic E-state index is 12.1. The summed E-state index contributed by atoms with van der Waals surface area (Å²) in [5.74, 6) is 0.251. The van der Waals surface area contributed by atoms with Gasteiger partial charge in [0.1, 0.15) is 11.8 Å². The molecule has 0 aromatic heterocycles. The van der Waals surface area contributed by atoms with Crippen molar-refractivity contribution in [1.29, 1.82) is 0 Å². The number of halogens is 1. The Bertz CT molecular complexity index is 540. The van der Waals surface area contributed by atoms with Crippen molar-refractivity contribution in [2.45, 2.75) is 6.04 Å². The summed E-state index contributed by atoms with van der Waals surface area (Å²) in [6.07, 6.45) is 0. The van der Waals surface area contributed by atoms with E-state index in [1.165, 1.54) is 23.8 Å². The molecule has 1 atom stereocenters. The number of rotatable bonds is 3. The lowest BCUT2D eigenvalue weighted by Gasteiger charge is -2.21. The molecule has 0 aliphatic carbocycles. The number of carboxylic acids is 1. The van der Waals surface area contributed by atoms with Gasteiger partial charge in [-0.2, -0.15) is 0 Å². The Labute approximate surface area is 125 Å². The molecule has 20 heavy (non-hydrogen) atoms. The van der Waals surface area contributed by atoms with Gasteiger partial charge in [0.25, 0.3) is 0 Å². The lowest BCUT2D eigenvalue weighted by atomic mass is 10.3. The van der Waals surface area contributed by atoms with Crippen molar-refractivity contribution in [3.05, 3.63) is 23.2 Å². The molecule has 1 aromatic carbocycles. The molecule has 1 aliphatic heterocycles. The Balaban J connectivity index is 2.08. The van der Waals surface area contributed by atoms with E-state index in [4.69, 9.17) is 21.4 Å². The van der Waals surface area contributed by atoms with Gasteiger partial charge in [0, 0.05) is 11.4 Å². The number of methoxy groups -OCH3 is 1. The minimum absolute atomic E-state index is 0.354. The Kier molecular flexibility index (Phi) is 4.61. The van der Waals surface area contributed by atoms with Gasteiger partial charge in [-0.3, -0.25) is 0 Å². The number of hydrogen-bond donors (Lipinski definition) is 2. The Morgan fingerprint density at radius 3 is 2.90 bits per heavy atom. The number of carbonyl (C=O) groups is 2. The van der Waals surface area contributed by atoms with Crippen molar-refractivity contribution in [3.63, 3.8) is 0 Å². The van der Waals surface area contributed by atoms with Crippen LogP contribution in [0, 0.1) is 0 Å². The minimum atomic E-state index is -1.00. The van der Waals surface area contributed by atoms with E-state index >= 15 is 0 Å². The van der Waals surface area contributed by atoms with E-state index in [9.17, 15) is 9.59 Å². The Morgan fingerprint density at radius 2 is 2.30 bits per heavy atom. The van der Waals surface area contributed by atoms with Crippen LogP contribution in [0.3, 0.4) is 0 Å². The smallest absolute Gasteiger partial charge is 0.327 e. The molecule has 0 saturated carbocycles. The van der Waals surface area contributed by atoms with Gasteiger partial charge in [0.05, 0.1) is 18.0 Å². The molecule has 0 radical (unpaired) electrons. The number of amides is 2. The number of carboxylic acid groups (broad SMARTS) is 1. The van der Waals surface area contributed by atoms with Crippen molar-refractivity contribution >= 4 is 41.1 Å². The zero-order valence-electron chi connectivity index (χ0n) is 10.6. The number of urea groups is 1. The second-order valence-corrected chi connectivity index (χ2v) is 5.51. The van der Waals surface area contributed by atoms with Gasteiger partial charge >= 0.3 is 12.0 Å². The highest BCUT2D eigenvalue weighted by Crippen LogP contribution is 2.28. The average molecular weight is 317 g/mol. The highest BCUT2D eigenvalue weighted by molar-refractivity contribution is 7.99. The van der Waals surface area contributed by atoms with Gasteiger partial charge in [-0.05, 0) is 18.2 Å². The molecular formula is C12H13ClN2O4S. The van der Waals surface area contributed by atoms with Crippen LogP contribution in [0.2, 0.25) is 5.02 Å². The molecule has 1 heterocycles. The van der Waals surface area contributed by atoms with Crippen molar-refractivity contribution in [2.75, 3.05) is 24.1 Å². The normalized spacial score (nSPS) is 17.9. The number of thioether (sulfide) groups is 1. The first-order valence-corrected chi connectivity index (χ1v) is 7.28. The van der Waals surface area contributed by atoms with E-state index in [1.807, 2.05) is 0 Å². The average Bonchev–Trinajstić information content (AvgIpc) is 2.88. The SMILES string of the molecule is COc1ccc(NC(=O)N2CSC[C@H]2C(=O)O)cc1Cl. The summed E-state index contributed by atoms with van der Waals surface area (Å²) < 4.78 is 5.02. The second kappa shape index (κ2) is 6.23. The van der Waals surface area contributed by atoms with E-state index in [1.54, 1.807) is 18.2 Å². The monoisotopic (exact) mass is 316 g/mol. The fourth-order valence-corrected chi connectivity index (χ4v) is 3.19. The highest BCUT2D eigenvalue weighted by atomic mass is 35.5. The number of benzene rings is 1. The summed E-state index contributed by atoms with van der Waals surface area (Å²) in [6, 6.07) is 3.57. The predicted molar refractivity (Wildman–Crippen MR) is 77.6 cm³/mol. The summed E-state index contributed by atoms with van der Waals surface area (Å²) in [5.41, 5.74) is 0.488. The van der Waals surface area contributed by atoms with Crippen LogP contribution >= 0.6 is 23.4 Å². The van der Waals surface area contributed by atoms with Gasteiger partial charge in [-0.1, -0.05) is 11.6 Å². The lowest BCUT2D eigenvalue weighted by molar-refractivity contribution is -0.140. The number of hydrogen-bond acceptors (Lipinski definition) is 4.